The van der Waals surface area contributed by atoms with Gasteiger partial charge in [-0.05, 0) is 6.42 Å². The Bertz CT molecular complexity index is 128. The quantitative estimate of drug-likeness (QED) is 0.535. The minimum Gasteiger partial charge on any atom is -0.154 e. The molecule has 2 unspecified atom stereocenters. The van der Waals surface area contributed by atoms with Gasteiger partial charge in [0.1, 0.15) is 0 Å². The molecular weight excluding hydrogens is 172 g/mol. The Morgan fingerprint density at radius 1 is 1.18 bits per heavy atom. The molecule has 11 heavy (non-hydrogen) atoms. The van der Waals surface area contributed by atoms with E-state index >= 15 is 0 Å². The van der Waals surface area contributed by atoms with E-state index in [0.717, 1.165) is 10.5 Å². The molecule has 0 radical (unpaired) electrons. The first-order chi connectivity index (χ1) is 5.18. The van der Waals surface area contributed by atoms with Gasteiger partial charge >= 0.3 is 0 Å². The Labute approximate surface area is 78.2 Å². The van der Waals surface area contributed by atoms with Crippen molar-refractivity contribution in [2.75, 3.05) is 11.5 Å². The Balaban J connectivity index is 2.40. The third-order valence-corrected chi connectivity index (χ3v) is 4.48. The van der Waals surface area contributed by atoms with E-state index in [4.69, 9.17) is 0 Å². The van der Waals surface area contributed by atoms with Crippen LogP contribution in [0, 0.1) is 0 Å². The fourth-order valence-electron chi connectivity index (χ4n) is 1.17. The summed E-state index contributed by atoms with van der Waals surface area (Å²) in [4.78, 5) is 0. The summed E-state index contributed by atoms with van der Waals surface area (Å²) in [6.07, 6.45) is 1.35. The third kappa shape index (κ3) is 3.57. The second kappa shape index (κ2) is 4.46. The van der Waals surface area contributed by atoms with Crippen LogP contribution in [0.1, 0.15) is 20.3 Å². The highest BCUT2D eigenvalue weighted by molar-refractivity contribution is 8.01. The lowest BCUT2D eigenvalue weighted by Gasteiger charge is -2.21. The number of hydrogen-bond donors (Lipinski definition) is 0. The van der Waals surface area contributed by atoms with Gasteiger partial charge in [0, 0.05) is 22.0 Å². The average molecular weight is 188 g/mol. The average Bonchev–Trinajstić information content (AvgIpc) is 1.95. The summed E-state index contributed by atoms with van der Waals surface area (Å²) in [5.74, 6) is 2.34. The predicted molar refractivity (Wildman–Crippen MR) is 57.6 cm³/mol. The Morgan fingerprint density at radius 2 is 1.64 bits per heavy atom. The van der Waals surface area contributed by atoms with Crippen molar-refractivity contribution >= 4 is 23.5 Å². The van der Waals surface area contributed by atoms with E-state index in [1.54, 1.807) is 0 Å². The highest BCUT2D eigenvalue weighted by atomic mass is 32.2. The van der Waals surface area contributed by atoms with Crippen molar-refractivity contribution in [3.05, 3.63) is 12.2 Å². The molecule has 0 saturated carbocycles. The molecule has 1 rings (SSSR count). The van der Waals surface area contributed by atoms with Gasteiger partial charge in [0.05, 0.1) is 0 Å². The highest BCUT2D eigenvalue weighted by Crippen LogP contribution is 2.29. The molecule has 2 heteroatoms. The maximum atomic E-state index is 4.04. The smallest absolute Gasteiger partial charge is 0.0151 e. The van der Waals surface area contributed by atoms with Gasteiger partial charge in [-0.2, -0.15) is 23.5 Å². The number of hydrogen-bond acceptors (Lipinski definition) is 2. The molecule has 0 aromatic carbocycles. The van der Waals surface area contributed by atoms with Gasteiger partial charge in [0.15, 0.2) is 0 Å². The number of thioether (sulfide) groups is 2. The van der Waals surface area contributed by atoms with Crippen LogP contribution in [-0.4, -0.2) is 22.0 Å². The van der Waals surface area contributed by atoms with E-state index in [0.29, 0.717) is 0 Å². The van der Waals surface area contributed by atoms with Crippen LogP contribution in [0.4, 0.5) is 0 Å². The van der Waals surface area contributed by atoms with E-state index in [9.17, 15) is 0 Å². The monoisotopic (exact) mass is 188 g/mol. The molecule has 0 aromatic heterocycles. The molecule has 1 saturated heterocycles. The molecule has 64 valence electrons. The first-order valence-electron chi connectivity index (χ1n) is 4.08. The lowest BCUT2D eigenvalue weighted by Crippen LogP contribution is -2.12. The third-order valence-electron chi connectivity index (χ3n) is 1.81. The molecule has 0 aliphatic carbocycles. The fraction of sp³-hybridized carbons (Fsp3) is 0.778. The van der Waals surface area contributed by atoms with Crippen molar-refractivity contribution in [2.45, 2.75) is 30.8 Å². The van der Waals surface area contributed by atoms with Crippen LogP contribution in [0.2, 0.25) is 0 Å². The molecule has 0 N–H and O–H groups in total. The lowest BCUT2D eigenvalue weighted by molar-refractivity contribution is 0.801. The van der Waals surface area contributed by atoms with Crippen molar-refractivity contribution in [1.29, 1.82) is 0 Å². The lowest BCUT2D eigenvalue weighted by atomic mass is 10.3. The largest absolute Gasteiger partial charge is 0.154 e. The van der Waals surface area contributed by atoms with Crippen LogP contribution >= 0.6 is 23.5 Å². The molecular formula is C9H16S2. The van der Waals surface area contributed by atoms with E-state index in [2.05, 4.69) is 44.0 Å². The van der Waals surface area contributed by atoms with Crippen LogP contribution in [0.15, 0.2) is 12.2 Å². The molecule has 1 aliphatic rings. The van der Waals surface area contributed by atoms with Gasteiger partial charge in [-0.25, -0.2) is 0 Å². The van der Waals surface area contributed by atoms with E-state index < -0.39 is 0 Å². The van der Waals surface area contributed by atoms with Crippen LogP contribution < -0.4 is 0 Å². The van der Waals surface area contributed by atoms with Gasteiger partial charge in [-0.3, -0.25) is 0 Å². The molecule has 2 atom stereocenters. The van der Waals surface area contributed by atoms with Gasteiger partial charge in [-0.1, -0.05) is 26.0 Å². The minimum absolute atomic E-state index is 0.814. The Kier molecular flexibility index (Phi) is 3.86. The standard InChI is InChI=1S/C9H16S2/c1-7-5-10-8(2)4-9(3)11-6-7/h8-9H,1,4-6H2,2-3H3. The van der Waals surface area contributed by atoms with Gasteiger partial charge in [-0.15, -0.1) is 0 Å². The van der Waals surface area contributed by atoms with Crippen molar-refractivity contribution < 1.29 is 0 Å². The SMILES string of the molecule is C=C1CSC(C)CC(C)SC1. The topological polar surface area (TPSA) is 0 Å². The van der Waals surface area contributed by atoms with Crippen LogP contribution in [0.25, 0.3) is 0 Å². The minimum atomic E-state index is 0.814. The summed E-state index contributed by atoms with van der Waals surface area (Å²) < 4.78 is 0. The van der Waals surface area contributed by atoms with Crippen molar-refractivity contribution in [3.63, 3.8) is 0 Å². The molecule has 1 heterocycles. The molecule has 0 bridgehead atoms. The van der Waals surface area contributed by atoms with Crippen molar-refractivity contribution in [1.82, 2.24) is 0 Å². The van der Waals surface area contributed by atoms with Crippen molar-refractivity contribution in [3.8, 4) is 0 Å². The summed E-state index contributed by atoms with van der Waals surface area (Å²) in [6.45, 7) is 8.68. The zero-order chi connectivity index (χ0) is 8.27. The summed E-state index contributed by atoms with van der Waals surface area (Å²) >= 11 is 4.10. The van der Waals surface area contributed by atoms with E-state index in [1.165, 1.54) is 23.5 Å². The highest BCUT2D eigenvalue weighted by Gasteiger charge is 2.13. The maximum Gasteiger partial charge on any atom is 0.0151 e. The van der Waals surface area contributed by atoms with Gasteiger partial charge in [0.25, 0.3) is 0 Å². The normalized spacial score (nSPS) is 34.5. The molecule has 1 fully saturated rings. The van der Waals surface area contributed by atoms with Crippen LogP contribution in [0.3, 0.4) is 0 Å². The second-order valence-electron chi connectivity index (χ2n) is 3.23. The van der Waals surface area contributed by atoms with Crippen LogP contribution in [-0.2, 0) is 0 Å². The van der Waals surface area contributed by atoms with Gasteiger partial charge in [0.2, 0.25) is 0 Å². The maximum absolute atomic E-state index is 4.04. The molecule has 0 aromatic rings. The zero-order valence-electron chi connectivity index (χ0n) is 7.30. The zero-order valence-corrected chi connectivity index (χ0v) is 8.93. The van der Waals surface area contributed by atoms with E-state index in [-0.39, 0.29) is 0 Å². The van der Waals surface area contributed by atoms with Gasteiger partial charge < -0.3 is 0 Å². The molecule has 0 spiro atoms. The first-order valence-corrected chi connectivity index (χ1v) is 6.18. The fourth-order valence-corrected chi connectivity index (χ4v) is 3.51. The molecule has 0 amide bonds. The summed E-state index contributed by atoms with van der Waals surface area (Å²) in [6, 6.07) is 0. The first kappa shape index (κ1) is 9.53. The van der Waals surface area contributed by atoms with Crippen molar-refractivity contribution in [2.24, 2.45) is 0 Å². The Morgan fingerprint density at radius 3 is 2.09 bits per heavy atom. The second-order valence-corrected chi connectivity index (χ2v) is 6.08. The summed E-state index contributed by atoms with van der Waals surface area (Å²) in [7, 11) is 0. The van der Waals surface area contributed by atoms with E-state index in [1.807, 2.05) is 0 Å². The number of rotatable bonds is 0. The van der Waals surface area contributed by atoms with Crippen LogP contribution in [0.5, 0.6) is 0 Å². The predicted octanol–water partition coefficient (Wildman–Crippen LogP) is 3.19. The Hall–Kier alpha value is 0.440. The molecule has 1 aliphatic heterocycles. The summed E-state index contributed by atoms with van der Waals surface area (Å²) in [5, 5.41) is 1.63. The molecule has 0 nitrogen and oxygen atoms in total. The summed E-state index contributed by atoms with van der Waals surface area (Å²) in [5.41, 5.74) is 1.40.